The summed E-state index contributed by atoms with van der Waals surface area (Å²) in [7, 11) is 5.68. The molecule has 0 aliphatic heterocycles. The summed E-state index contributed by atoms with van der Waals surface area (Å²) in [6.07, 6.45) is 1.67. The van der Waals surface area contributed by atoms with Crippen LogP contribution in [0.3, 0.4) is 0 Å². The predicted molar refractivity (Wildman–Crippen MR) is 62.7 cm³/mol. The molecule has 0 bridgehead atoms. The van der Waals surface area contributed by atoms with E-state index in [-0.39, 0.29) is 11.7 Å². The molecule has 1 aromatic rings. The van der Waals surface area contributed by atoms with Crippen LogP contribution < -0.4 is 5.32 Å². The van der Waals surface area contributed by atoms with Gasteiger partial charge in [-0.05, 0) is 11.4 Å². The van der Waals surface area contributed by atoms with Gasteiger partial charge in [-0.15, -0.1) is 0 Å². The smallest absolute Gasteiger partial charge is 0.214 e. The molecule has 15 heavy (non-hydrogen) atoms. The Morgan fingerprint density at radius 1 is 1.40 bits per heavy atom. The van der Waals surface area contributed by atoms with Crippen molar-refractivity contribution in [1.82, 2.24) is 5.32 Å². The molecule has 1 aromatic carbocycles. The number of benzene rings is 1. The van der Waals surface area contributed by atoms with E-state index < -0.39 is 0 Å². The van der Waals surface area contributed by atoms with Crippen LogP contribution in [0.5, 0.6) is 0 Å². The van der Waals surface area contributed by atoms with Crippen molar-refractivity contribution in [1.29, 1.82) is 0 Å². The van der Waals surface area contributed by atoms with E-state index in [0.717, 1.165) is 18.4 Å². The maximum Gasteiger partial charge on any atom is 0.214 e. The fourth-order valence-corrected chi connectivity index (χ4v) is 1.36. The molecule has 1 atom stereocenters. The van der Waals surface area contributed by atoms with Crippen LogP contribution in [-0.2, 0) is 11.3 Å². The van der Waals surface area contributed by atoms with Crippen LogP contribution in [0.1, 0.15) is 25.3 Å². The van der Waals surface area contributed by atoms with Gasteiger partial charge >= 0.3 is 0 Å². The highest BCUT2D eigenvalue weighted by Crippen LogP contribution is 2.08. The van der Waals surface area contributed by atoms with E-state index in [1.165, 1.54) is 0 Å². The molecule has 1 rings (SSSR count). The van der Waals surface area contributed by atoms with Crippen molar-refractivity contribution in [2.75, 3.05) is 0 Å². The summed E-state index contributed by atoms with van der Waals surface area (Å²) < 4.78 is 0. The van der Waals surface area contributed by atoms with Crippen LogP contribution in [0.15, 0.2) is 30.3 Å². The summed E-state index contributed by atoms with van der Waals surface area (Å²) in [6, 6.07) is 9.81. The second-order valence-electron chi connectivity index (χ2n) is 3.60. The number of carbonyl (C=O) groups excluding carboxylic acids is 1. The highest BCUT2D eigenvalue weighted by Gasteiger charge is 2.09. The van der Waals surface area contributed by atoms with E-state index in [2.05, 4.69) is 5.32 Å². The van der Waals surface area contributed by atoms with Crippen LogP contribution in [0.2, 0.25) is 5.82 Å². The lowest BCUT2D eigenvalue weighted by atomic mass is 9.83. The topological polar surface area (TPSA) is 29.1 Å². The van der Waals surface area contributed by atoms with E-state index >= 15 is 0 Å². The van der Waals surface area contributed by atoms with Gasteiger partial charge in [-0.1, -0.05) is 50.1 Å². The maximum atomic E-state index is 11.5. The molecule has 0 aliphatic rings. The summed E-state index contributed by atoms with van der Waals surface area (Å²) in [5.41, 5.74) is 1.09. The molecule has 2 radical (unpaired) electrons. The van der Waals surface area contributed by atoms with Crippen molar-refractivity contribution in [3.63, 3.8) is 0 Å². The molecule has 0 aromatic heterocycles. The average molecular weight is 201 g/mol. The van der Waals surface area contributed by atoms with Crippen molar-refractivity contribution in [3.8, 4) is 0 Å². The number of carbonyl (C=O) groups is 1. The van der Waals surface area contributed by atoms with Crippen molar-refractivity contribution >= 4 is 13.8 Å². The summed E-state index contributed by atoms with van der Waals surface area (Å²) in [4.78, 5) is 11.5. The fraction of sp³-hybridized carbons (Fsp3) is 0.417. The second-order valence-corrected chi connectivity index (χ2v) is 3.60. The number of amides is 1. The van der Waals surface area contributed by atoms with Crippen LogP contribution in [0.25, 0.3) is 0 Å². The molecule has 1 amide bonds. The minimum Gasteiger partial charge on any atom is -0.352 e. The lowest BCUT2D eigenvalue weighted by molar-refractivity contribution is -0.121. The molecule has 0 saturated carbocycles. The van der Waals surface area contributed by atoms with Crippen LogP contribution >= 0.6 is 0 Å². The first-order chi connectivity index (χ1) is 7.24. The Balaban J connectivity index is 2.34. The van der Waals surface area contributed by atoms with Gasteiger partial charge in [0, 0.05) is 6.54 Å². The normalized spacial score (nSPS) is 12.1. The van der Waals surface area contributed by atoms with E-state index in [0.29, 0.717) is 6.54 Å². The number of hydrogen-bond donors (Lipinski definition) is 1. The zero-order chi connectivity index (χ0) is 11.1. The molecular formula is C12H16BNO. The molecule has 0 spiro atoms. The van der Waals surface area contributed by atoms with Gasteiger partial charge in [-0.25, -0.2) is 0 Å². The Morgan fingerprint density at radius 3 is 2.67 bits per heavy atom. The first kappa shape index (κ1) is 11.8. The third-order valence-electron chi connectivity index (χ3n) is 2.25. The molecule has 1 N–H and O–H groups in total. The van der Waals surface area contributed by atoms with Gasteiger partial charge in [0.1, 0.15) is 0 Å². The third kappa shape index (κ3) is 4.19. The van der Waals surface area contributed by atoms with E-state index in [1.807, 2.05) is 37.3 Å². The average Bonchev–Trinajstić information content (AvgIpc) is 2.27. The first-order valence-corrected chi connectivity index (χ1v) is 5.31. The number of hydrogen-bond acceptors (Lipinski definition) is 1. The highest BCUT2D eigenvalue weighted by atomic mass is 16.1. The summed E-state index contributed by atoms with van der Waals surface area (Å²) in [6.45, 7) is 2.57. The van der Waals surface area contributed by atoms with Gasteiger partial charge in [-0.3, -0.25) is 4.79 Å². The Labute approximate surface area is 92.5 Å². The van der Waals surface area contributed by atoms with Crippen molar-refractivity contribution in [2.24, 2.45) is 0 Å². The molecule has 78 valence electrons. The lowest BCUT2D eigenvalue weighted by Gasteiger charge is -2.11. The van der Waals surface area contributed by atoms with Crippen molar-refractivity contribution in [3.05, 3.63) is 35.9 Å². The number of nitrogens with one attached hydrogen (secondary N) is 1. The monoisotopic (exact) mass is 201 g/mol. The quantitative estimate of drug-likeness (QED) is 0.725. The SMILES string of the molecule is [B][C@H](CCC)C(=O)NCc1ccccc1. The molecule has 0 heterocycles. The second kappa shape index (κ2) is 6.28. The molecule has 3 heteroatoms. The van der Waals surface area contributed by atoms with Gasteiger partial charge in [0.2, 0.25) is 5.91 Å². The number of rotatable bonds is 5. The standard InChI is InChI=1S/C12H16BNO/c1-2-6-11(13)12(15)14-9-10-7-4-3-5-8-10/h3-5,7-8,11H,2,6,9H2,1H3,(H,14,15)/t11-/m1/s1. The molecule has 0 unspecified atom stereocenters. The Bertz CT molecular complexity index is 300. The van der Waals surface area contributed by atoms with E-state index in [9.17, 15) is 4.79 Å². The van der Waals surface area contributed by atoms with Gasteiger partial charge in [0.25, 0.3) is 0 Å². The molecular weight excluding hydrogens is 185 g/mol. The largest absolute Gasteiger partial charge is 0.352 e. The zero-order valence-corrected chi connectivity index (χ0v) is 9.07. The minimum atomic E-state index is -0.376. The van der Waals surface area contributed by atoms with Gasteiger partial charge in [-0.2, -0.15) is 0 Å². The Kier molecular flexibility index (Phi) is 4.95. The Morgan fingerprint density at radius 2 is 2.07 bits per heavy atom. The molecule has 0 saturated heterocycles. The van der Waals surface area contributed by atoms with Crippen molar-refractivity contribution < 1.29 is 4.79 Å². The van der Waals surface area contributed by atoms with Gasteiger partial charge in [0.15, 0.2) is 0 Å². The maximum absolute atomic E-state index is 11.5. The van der Waals surface area contributed by atoms with E-state index in [1.54, 1.807) is 0 Å². The Hall–Kier alpha value is -1.25. The van der Waals surface area contributed by atoms with Crippen LogP contribution in [0.4, 0.5) is 0 Å². The molecule has 0 fully saturated rings. The summed E-state index contributed by atoms with van der Waals surface area (Å²) in [5.74, 6) is -0.445. The van der Waals surface area contributed by atoms with Crippen LogP contribution in [0, 0.1) is 0 Å². The summed E-state index contributed by atoms with van der Waals surface area (Å²) in [5, 5.41) is 2.82. The minimum absolute atomic E-state index is 0.0688. The predicted octanol–water partition coefficient (Wildman–Crippen LogP) is 2.06. The zero-order valence-electron chi connectivity index (χ0n) is 9.07. The fourth-order valence-electron chi connectivity index (χ4n) is 1.36. The highest BCUT2D eigenvalue weighted by molar-refractivity contribution is 6.23. The molecule has 0 aliphatic carbocycles. The lowest BCUT2D eigenvalue weighted by Crippen LogP contribution is -2.27. The third-order valence-corrected chi connectivity index (χ3v) is 2.25. The van der Waals surface area contributed by atoms with Gasteiger partial charge in [0.05, 0.1) is 7.85 Å². The van der Waals surface area contributed by atoms with Crippen LogP contribution in [-0.4, -0.2) is 13.8 Å². The van der Waals surface area contributed by atoms with Gasteiger partial charge < -0.3 is 5.32 Å². The summed E-state index contributed by atoms with van der Waals surface area (Å²) >= 11 is 0. The molecule has 2 nitrogen and oxygen atoms in total. The van der Waals surface area contributed by atoms with Crippen molar-refractivity contribution in [2.45, 2.75) is 32.1 Å². The first-order valence-electron chi connectivity index (χ1n) is 5.31. The van der Waals surface area contributed by atoms with E-state index in [4.69, 9.17) is 7.85 Å².